The average molecular weight is 344 g/mol. The largest absolute Gasteiger partial charge is 0.494 e. The summed E-state index contributed by atoms with van der Waals surface area (Å²) in [6.07, 6.45) is -1.88. The molecule has 2 heterocycles. The van der Waals surface area contributed by atoms with Gasteiger partial charge in [0.05, 0.1) is 18.4 Å². The Morgan fingerprint density at radius 1 is 1.46 bits per heavy atom. The Bertz CT molecular complexity index is 780. The van der Waals surface area contributed by atoms with Gasteiger partial charge in [-0.05, 0) is 6.07 Å². The smallest absolute Gasteiger partial charge is 0.490 e. The van der Waals surface area contributed by atoms with Gasteiger partial charge < -0.3 is 14.9 Å². The van der Waals surface area contributed by atoms with Crippen LogP contribution in [-0.2, 0) is 11.8 Å². The minimum Gasteiger partial charge on any atom is -0.494 e. The van der Waals surface area contributed by atoms with Crippen molar-refractivity contribution in [3.05, 3.63) is 24.0 Å². The fourth-order valence-electron chi connectivity index (χ4n) is 1.54. The fourth-order valence-corrected chi connectivity index (χ4v) is 1.54. The van der Waals surface area contributed by atoms with Crippen LogP contribution in [0.25, 0.3) is 11.3 Å². The van der Waals surface area contributed by atoms with Crippen molar-refractivity contribution in [2.45, 2.75) is 6.18 Å². The van der Waals surface area contributed by atoms with Crippen LogP contribution >= 0.6 is 0 Å². The lowest BCUT2D eigenvalue weighted by Gasteiger charge is -2.08. The summed E-state index contributed by atoms with van der Waals surface area (Å²) in [5.41, 5.74) is 1.21. The number of aromatic nitrogens is 3. The van der Waals surface area contributed by atoms with E-state index in [4.69, 9.17) is 19.9 Å². The summed E-state index contributed by atoms with van der Waals surface area (Å²) < 4.78 is 38.5. The van der Waals surface area contributed by atoms with E-state index in [0.717, 1.165) is 0 Å². The van der Waals surface area contributed by atoms with Gasteiger partial charge in [0.2, 0.25) is 5.88 Å². The summed E-state index contributed by atoms with van der Waals surface area (Å²) in [4.78, 5) is 12.6. The zero-order chi connectivity index (χ0) is 18.5. The Morgan fingerprint density at radius 3 is 2.42 bits per heavy atom. The first kappa shape index (κ1) is 18.8. The highest BCUT2D eigenvalue weighted by Gasteiger charge is 2.38. The quantitative estimate of drug-likeness (QED) is 0.850. The molecule has 0 aliphatic carbocycles. The molecule has 0 saturated carbocycles. The molecule has 0 amide bonds. The molecule has 2 N–H and O–H groups in total. The van der Waals surface area contributed by atoms with Gasteiger partial charge in [0, 0.05) is 19.4 Å². The molecule has 2 aromatic heterocycles. The van der Waals surface area contributed by atoms with Gasteiger partial charge >= 0.3 is 12.1 Å². The van der Waals surface area contributed by atoms with Gasteiger partial charge in [0.1, 0.15) is 6.07 Å². The summed E-state index contributed by atoms with van der Waals surface area (Å²) in [7, 11) is 3.22. The molecule has 2 aromatic rings. The third kappa shape index (κ3) is 4.35. The molecule has 0 aliphatic rings. The Kier molecular flexibility index (Phi) is 5.72. The molecule has 8 nitrogen and oxygen atoms in total. The summed E-state index contributed by atoms with van der Waals surface area (Å²) >= 11 is 0. The number of methoxy groups -OCH3 is 1. The number of ether oxygens (including phenoxy) is 1. The van der Waals surface area contributed by atoms with Gasteiger partial charge in [-0.15, -0.1) is 0 Å². The standard InChI is InChI=1S/C11H10N4O2.C2HF3O2/c1-15-4-3-9(14-15)8-6-13-11(16)7(5-12)10(8)17-2;3-2(4,5)1(6)7/h3-4,6H,1-2H3,(H,13,16);(H,6,7). The number of halogens is 3. The van der Waals surface area contributed by atoms with Crippen LogP contribution in [0.1, 0.15) is 5.56 Å². The van der Waals surface area contributed by atoms with Crippen molar-refractivity contribution in [3.8, 4) is 29.0 Å². The van der Waals surface area contributed by atoms with Crippen LogP contribution < -0.4 is 4.74 Å². The predicted molar refractivity (Wildman–Crippen MR) is 73.1 cm³/mol. The predicted octanol–water partition coefficient (Wildman–Crippen LogP) is 1.70. The van der Waals surface area contributed by atoms with Crippen molar-refractivity contribution >= 4 is 5.97 Å². The van der Waals surface area contributed by atoms with Gasteiger partial charge in [-0.2, -0.15) is 23.5 Å². The molecule has 0 spiro atoms. The van der Waals surface area contributed by atoms with Crippen molar-refractivity contribution in [2.24, 2.45) is 7.05 Å². The first-order valence-electron chi connectivity index (χ1n) is 6.08. The van der Waals surface area contributed by atoms with E-state index < -0.39 is 12.1 Å². The second kappa shape index (κ2) is 7.32. The molecule has 0 aliphatic heterocycles. The number of nitrogens with zero attached hydrogens (tertiary/aromatic N) is 4. The van der Waals surface area contributed by atoms with Crippen molar-refractivity contribution in [1.82, 2.24) is 14.8 Å². The van der Waals surface area contributed by atoms with Gasteiger partial charge in [-0.3, -0.25) is 4.68 Å². The average Bonchev–Trinajstić information content (AvgIpc) is 2.92. The molecule has 11 heteroatoms. The molecule has 0 bridgehead atoms. The number of aryl methyl sites for hydroxylation is 1. The van der Waals surface area contributed by atoms with E-state index in [0.29, 0.717) is 11.3 Å². The topological polar surface area (TPSA) is 121 Å². The van der Waals surface area contributed by atoms with Crippen LogP contribution in [0.3, 0.4) is 0 Å². The minimum atomic E-state index is -5.08. The van der Waals surface area contributed by atoms with Crippen LogP contribution in [0.15, 0.2) is 18.5 Å². The van der Waals surface area contributed by atoms with Crippen LogP contribution in [0.4, 0.5) is 13.2 Å². The Hall–Kier alpha value is -3.29. The Morgan fingerprint density at radius 2 is 2.04 bits per heavy atom. The molecule has 0 fully saturated rings. The van der Waals surface area contributed by atoms with Gasteiger partial charge in [0.15, 0.2) is 11.3 Å². The lowest BCUT2D eigenvalue weighted by Crippen LogP contribution is -2.21. The number of carboxylic acids is 1. The Balaban J connectivity index is 0.000000351. The maximum Gasteiger partial charge on any atom is 0.490 e. The van der Waals surface area contributed by atoms with Crippen LogP contribution in [0, 0.1) is 11.3 Å². The van der Waals surface area contributed by atoms with Gasteiger partial charge in [-0.25, -0.2) is 9.78 Å². The molecule has 24 heavy (non-hydrogen) atoms. The van der Waals surface area contributed by atoms with E-state index >= 15 is 0 Å². The number of hydrogen-bond donors (Lipinski definition) is 2. The third-order valence-electron chi connectivity index (χ3n) is 2.56. The molecule has 2 rings (SSSR count). The number of rotatable bonds is 2. The summed E-state index contributed by atoms with van der Waals surface area (Å²) in [6, 6.07) is 3.64. The number of carbonyl (C=O) groups is 1. The maximum atomic E-state index is 10.6. The Labute approximate surface area is 133 Å². The van der Waals surface area contributed by atoms with E-state index in [2.05, 4.69) is 10.1 Å². The summed E-state index contributed by atoms with van der Waals surface area (Å²) in [5.74, 6) is -2.82. The highest BCUT2D eigenvalue weighted by molar-refractivity contribution is 5.73. The highest BCUT2D eigenvalue weighted by atomic mass is 19.4. The van der Waals surface area contributed by atoms with E-state index in [-0.39, 0.29) is 17.2 Å². The molecule has 0 atom stereocenters. The van der Waals surface area contributed by atoms with E-state index in [1.54, 1.807) is 24.0 Å². The monoisotopic (exact) mass is 344 g/mol. The number of carboxylic acid groups (broad SMARTS) is 1. The molecule has 0 unspecified atom stereocenters. The zero-order valence-corrected chi connectivity index (χ0v) is 12.4. The van der Waals surface area contributed by atoms with Crippen molar-refractivity contribution in [2.75, 3.05) is 7.11 Å². The van der Waals surface area contributed by atoms with E-state index in [9.17, 15) is 18.3 Å². The molecule has 0 saturated heterocycles. The minimum absolute atomic E-state index is 0.00986. The summed E-state index contributed by atoms with van der Waals surface area (Å²) in [5, 5.41) is 29.7. The first-order valence-corrected chi connectivity index (χ1v) is 6.08. The van der Waals surface area contributed by atoms with Gasteiger partial charge in [0.25, 0.3) is 0 Å². The molecule has 0 radical (unpaired) electrons. The molecule has 0 aromatic carbocycles. The lowest BCUT2D eigenvalue weighted by atomic mass is 10.1. The van der Waals surface area contributed by atoms with Crippen LogP contribution in [0.2, 0.25) is 0 Å². The number of aromatic hydroxyl groups is 1. The van der Waals surface area contributed by atoms with Crippen LogP contribution in [-0.4, -0.2) is 44.2 Å². The second-order valence-corrected chi connectivity index (χ2v) is 4.19. The number of hydrogen-bond acceptors (Lipinski definition) is 6. The fraction of sp³-hybridized carbons (Fsp3) is 0.231. The van der Waals surface area contributed by atoms with E-state index in [1.165, 1.54) is 13.3 Å². The third-order valence-corrected chi connectivity index (χ3v) is 2.56. The second-order valence-electron chi connectivity index (χ2n) is 4.19. The number of pyridine rings is 1. The summed E-state index contributed by atoms with van der Waals surface area (Å²) in [6.45, 7) is 0. The number of nitriles is 1. The highest BCUT2D eigenvalue weighted by Crippen LogP contribution is 2.34. The van der Waals surface area contributed by atoms with Crippen molar-refractivity contribution in [1.29, 1.82) is 5.26 Å². The zero-order valence-electron chi connectivity index (χ0n) is 12.4. The molecule has 128 valence electrons. The molecular formula is C13H11F3N4O4. The number of aliphatic carboxylic acids is 1. The lowest BCUT2D eigenvalue weighted by molar-refractivity contribution is -0.192. The SMILES string of the molecule is COc1c(-c2ccn(C)n2)cnc(O)c1C#N.O=C(O)C(F)(F)F. The van der Waals surface area contributed by atoms with Crippen molar-refractivity contribution in [3.63, 3.8) is 0 Å². The van der Waals surface area contributed by atoms with Crippen LogP contribution in [0.5, 0.6) is 11.6 Å². The van der Waals surface area contributed by atoms with Crippen molar-refractivity contribution < 1.29 is 32.9 Å². The molecular weight excluding hydrogens is 333 g/mol. The maximum absolute atomic E-state index is 10.6. The first-order chi connectivity index (χ1) is 11.1. The number of alkyl halides is 3. The van der Waals surface area contributed by atoms with Gasteiger partial charge in [-0.1, -0.05) is 0 Å². The van der Waals surface area contributed by atoms with E-state index in [1.807, 2.05) is 6.07 Å². The normalized spacial score (nSPS) is 10.3.